The van der Waals surface area contributed by atoms with Crippen molar-refractivity contribution in [3.05, 3.63) is 29.8 Å². The molecule has 4 nitrogen and oxygen atoms in total. The molecule has 5 heteroatoms. The van der Waals surface area contributed by atoms with Crippen molar-refractivity contribution in [2.24, 2.45) is 0 Å². The van der Waals surface area contributed by atoms with Crippen LogP contribution in [0.4, 0.5) is 0 Å². The second kappa shape index (κ2) is 9.72. The normalized spacial score (nSPS) is 8.82. The minimum Gasteiger partial charge on any atom is -0.478 e. The first-order valence-corrected chi connectivity index (χ1v) is 6.15. The van der Waals surface area contributed by atoms with Crippen molar-refractivity contribution in [2.75, 3.05) is 12.4 Å². The van der Waals surface area contributed by atoms with Crippen LogP contribution in [-0.2, 0) is 9.53 Å². The molecule has 1 aromatic rings. The van der Waals surface area contributed by atoms with Crippen molar-refractivity contribution in [3.63, 3.8) is 0 Å². The van der Waals surface area contributed by atoms with Gasteiger partial charge in [-0.1, -0.05) is 6.92 Å². The van der Waals surface area contributed by atoms with Crippen molar-refractivity contribution < 1.29 is 19.4 Å². The molecule has 0 saturated carbocycles. The molecule has 0 fully saturated rings. The molecule has 0 heterocycles. The molecule has 0 aliphatic heterocycles. The Kier molecular flexibility index (Phi) is 8.86. The molecular weight excluding hydrogens is 240 g/mol. The Bertz CT molecular complexity index is 335. The summed E-state index contributed by atoms with van der Waals surface area (Å²) in [4.78, 5) is 20.8. The molecule has 17 heavy (non-hydrogen) atoms. The summed E-state index contributed by atoms with van der Waals surface area (Å²) in [5.74, 6) is 0.134. The molecule has 0 unspecified atom stereocenters. The lowest BCUT2D eigenvalue weighted by atomic mass is 10.2. The fourth-order valence-electron chi connectivity index (χ4n) is 0.928. The third-order valence-corrected chi connectivity index (χ3v) is 2.54. The summed E-state index contributed by atoms with van der Waals surface area (Å²) in [6.45, 7) is 4.73. The van der Waals surface area contributed by atoms with Gasteiger partial charge in [-0.15, -0.1) is 11.8 Å². The summed E-state index contributed by atoms with van der Waals surface area (Å²) in [6, 6.07) is 6.91. The zero-order valence-corrected chi connectivity index (χ0v) is 10.7. The van der Waals surface area contributed by atoms with E-state index in [1.165, 1.54) is 0 Å². The van der Waals surface area contributed by atoms with Gasteiger partial charge in [-0.3, -0.25) is 4.79 Å². The van der Waals surface area contributed by atoms with Gasteiger partial charge in [0.1, 0.15) is 0 Å². The molecule has 1 aromatic carbocycles. The quantitative estimate of drug-likeness (QED) is 0.648. The number of carboxylic acid groups (broad SMARTS) is 1. The molecule has 1 N–H and O–H groups in total. The molecule has 0 aliphatic carbocycles. The van der Waals surface area contributed by atoms with E-state index in [4.69, 9.17) is 5.11 Å². The molecule has 0 spiro atoms. The summed E-state index contributed by atoms with van der Waals surface area (Å²) < 4.78 is 4.15. The maximum atomic E-state index is 10.5. The Morgan fingerprint density at radius 2 is 1.94 bits per heavy atom. The molecule has 0 radical (unpaired) electrons. The average Bonchev–Trinajstić information content (AvgIpc) is 2.32. The van der Waals surface area contributed by atoms with Gasteiger partial charge in [0.15, 0.2) is 0 Å². The zero-order valence-electron chi connectivity index (χ0n) is 9.88. The Balaban J connectivity index is 0.000000437. The number of benzene rings is 1. The first-order chi connectivity index (χ1) is 8.15. The van der Waals surface area contributed by atoms with Gasteiger partial charge in [0.05, 0.1) is 12.2 Å². The number of hydrogen-bond donors (Lipinski definition) is 1. The van der Waals surface area contributed by atoms with Crippen LogP contribution in [0.5, 0.6) is 0 Å². The zero-order chi connectivity index (χ0) is 13.1. The van der Waals surface area contributed by atoms with E-state index >= 15 is 0 Å². The minimum atomic E-state index is -0.872. The number of ether oxygens (including phenoxy) is 1. The van der Waals surface area contributed by atoms with Gasteiger partial charge in [0.25, 0.3) is 6.47 Å². The van der Waals surface area contributed by atoms with Crippen LogP contribution in [0.2, 0.25) is 0 Å². The van der Waals surface area contributed by atoms with Crippen LogP contribution >= 0.6 is 11.8 Å². The van der Waals surface area contributed by atoms with Crippen LogP contribution in [0.3, 0.4) is 0 Å². The molecule has 0 saturated heterocycles. The van der Waals surface area contributed by atoms with Gasteiger partial charge < -0.3 is 9.84 Å². The van der Waals surface area contributed by atoms with E-state index in [-0.39, 0.29) is 0 Å². The van der Waals surface area contributed by atoms with E-state index in [1.54, 1.807) is 30.8 Å². The van der Waals surface area contributed by atoms with Crippen LogP contribution in [0.1, 0.15) is 24.2 Å². The first-order valence-electron chi connectivity index (χ1n) is 5.17. The van der Waals surface area contributed by atoms with Gasteiger partial charge >= 0.3 is 5.97 Å². The van der Waals surface area contributed by atoms with E-state index in [9.17, 15) is 9.59 Å². The van der Waals surface area contributed by atoms with Gasteiger partial charge in [-0.05, 0) is 36.9 Å². The van der Waals surface area contributed by atoms with Crippen LogP contribution in [0.15, 0.2) is 29.2 Å². The predicted octanol–water partition coefficient (Wildman–Crippen LogP) is 2.68. The molecule has 1 rings (SSSR count). The van der Waals surface area contributed by atoms with E-state index < -0.39 is 5.97 Å². The number of carbonyl (C=O) groups is 2. The molecule has 0 aliphatic rings. The lowest BCUT2D eigenvalue weighted by molar-refractivity contribution is -0.128. The van der Waals surface area contributed by atoms with Crippen LogP contribution in [-0.4, -0.2) is 29.9 Å². The number of aromatic carboxylic acids is 1. The number of hydrogen-bond acceptors (Lipinski definition) is 4. The maximum absolute atomic E-state index is 10.5. The molecule has 0 amide bonds. The Morgan fingerprint density at radius 1 is 1.35 bits per heavy atom. The monoisotopic (exact) mass is 256 g/mol. The molecule has 94 valence electrons. The first kappa shape index (κ1) is 15.5. The average molecular weight is 256 g/mol. The highest BCUT2D eigenvalue weighted by Gasteiger charge is 2.00. The Morgan fingerprint density at radius 3 is 2.24 bits per heavy atom. The summed E-state index contributed by atoms with van der Waals surface area (Å²) in [5, 5.41) is 8.60. The highest BCUT2D eigenvalue weighted by Crippen LogP contribution is 2.17. The van der Waals surface area contributed by atoms with Crippen LogP contribution in [0.25, 0.3) is 0 Å². The smallest absolute Gasteiger partial charge is 0.335 e. The van der Waals surface area contributed by atoms with Crippen LogP contribution in [0, 0.1) is 0 Å². The summed E-state index contributed by atoms with van der Waals surface area (Å²) >= 11 is 1.70. The van der Waals surface area contributed by atoms with Crippen molar-refractivity contribution in [1.29, 1.82) is 0 Å². The number of rotatable bonds is 5. The molecule has 0 atom stereocenters. The van der Waals surface area contributed by atoms with Crippen molar-refractivity contribution in [1.82, 2.24) is 0 Å². The lowest BCUT2D eigenvalue weighted by Crippen LogP contribution is -1.94. The third-order valence-electron chi connectivity index (χ3n) is 1.65. The fourth-order valence-corrected chi connectivity index (χ4v) is 1.59. The SMILES string of the molecule is CCOC=O.CCSc1ccc(C(=O)O)cc1. The van der Waals surface area contributed by atoms with Gasteiger partial charge in [-0.25, -0.2) is 4.79 Å². The predicted molar refractivity (Wildman–Crippen MR) is 67.5 cm³/mol. The number of thioether (sulfide) groups is 1. The number of carbonyl (C=O) groups excluding carboxylic acids is 1. The molecule has 0 bridgehead atoms. The second-order valence-electron chi connectivity index (χ2n) is 2.81. The van der Waals surface area contributed by atoms with Crippen LogP contribution < -0.4 is 0 Å². The Hall–Kier alpha value is -1.49. The van der Waals surface area contributed by atoms with Gasteiger partial charge in [0, 0.05) is 4.90 Å². The van der Waals surface area contributed by atoms with E-state index in [0.29, 0.717) is 18.6 Å². The lowest BCUT2D eigenvalue weighted by Gasteiger charge is -1.97. The van der Waals surface area contributed by atoms with Crippen molar-refractivity contribution in [2.45, 2.75) is 18.7 Å². The molecular formula is C12H16O4S. The standard InChI is InChI=1S/C9H10O2S.C3H6O2/c1-2-12-8-5-3-7(4-6-8)9(10)11;1-2-5-3-4/h3-6H,2H2,1H3,(H,10,11);3H,2H2,1H3. The third kappa shape index (κ3) is 7.41. The van der Waals surface area contributed by atoms with Crippen molar-refractivity contribution in [3.8, 4) is 0 Å². The topological polar surface area (TPSA) is 63.6 Å². The Labute approximate surface area is 105 Å². The van der Waals surface area contributed by atoms with E-state index in [1.807, 2.05) is 12.1 Å². The fraction of sp³-hybridized carbons (Fsp3) is 0.333. The van der Waals surface area contributed by atoms with Crippen molar-refractivity contribution >= 4 is 24.2 Å². The summed E-state index contributed by atoms with van der Waals surface area (Å²) in [7, 11) is 0. The second-order valence-corrected chi connectivity index (χ2v) is 4.15. The number of carboxylic acids is 1. The highest BCUT2D eigenvalue weighted by atomic mass is 32.2. The largest absolute Gasteiger partial charge is 0.478 e. The maximum Gasteiger partial charge on any atom is 0.335 e. The van der Waals surface area contributed by atoms with E-state index in [0.717, 1.165) is 10.6 Å². The van der Waals surface area contributed by atoms with E-state index in [2.05, 4.69) is 11.7 Å². The summed E-state index contributed by atoms with van der Waals surface area (Å²) in [5.41, 5.74) is 0.343. The molecule has 0 aromatic heterocycles. The van der Waals surface area contributed by atoms with Gasteiger partial charge in [-0.2, -0.15) is 0 Å². The summed E-state index contributed by atoms with van der Waals surface area (Å²) in [6.07, 6.45) is 0. The minimum absolute atomic E-state index is 0.343. The van der Waals surface area contributed by atoms with Gasteiger partial charge in [0.2, 0.25) is 0 Å². The highest BCUT2D eigenvalue weighted by molar-refractivity contribution is 7.99.